The Morgan fingerprint density at radius 3 is 2.88 bits per heavy atom. The minimum Gasteiger partial charge on any atom is -0.480 e. The Bertz CT molecular complexity index is 592. The van der Waals surface area contributed by atoms with E-state index in [9.17, 15) is 9.59 Å². The van der Waals surface area contributed by atoms with Gasteiger partial charge in [-0.25, -0.2) is 0 Å². The Morgan fingerprint density at radius 1 is 1.33 bits per heavy atom. The predicted molar refractivity (Wildman–Crippen MR) is 93.0 cm³/mol. The number of nitrogens with zero attached hydrogens (tertiary/aromatic N) is 3. The van der Waals surface area contributed by atoms with Crippen LogP contribution in [0.5, 0.6) is 0 Å². The fourth-order valence-electron chi connectivity index (χ4n) is 3.86. The number of rotatable bonds is 4. The fourth-order valence-corrected chi connectivity index (χ4v) is 4.61. The normalized spacial score (nSPS) is 26.7. The number of hydrogen-bond acceptors (Lipinski definition) is 5. The van der Waals surface area contributed by atoms with Crippen molar-refractivity contribution in [1.29, 1.82) is 0 Å². The van der Waals surface area contributed by atoms with Gasteiger partial charge in [-0.05, 0) is 31.3 Å². The first-order chi connectivity index (χ1) is 11.5. The molecule has 2 aliphatic heterocycles. The second-order valence-corrected chi connectivity index (χ2v) is 7.93. The summed E-state index contributed by atoms with van der Waals surface area (Å²) in [6.07, 6.45) is 2.08. The molecule has 7 heteroatoms. The summed E-state index contributed by atoms with van der Waals surface area (Å²) in [4.78, 5) is 31.0. The first-order valence-corrected chi connectivity index (χ1v) is 9.32. The van der Waals surface area contributed by atoms with Gasteiger partial charge in [-0.1, -0.05) is 6.07 Å². The molecule has 0 unspecified atom stereocenters. The van der Waals surface area contributed by atoms with E-state index < -0.39 is 5.97 Å². The average Bonchev–Trinajstić information content (AvgIpc) is 3.00. The number of carboxylic acid groups (broad SMARTS) is 1. The van der Waals surface area contributed by atoms with E-state index >= 15 is 0 Å². The minimum absolute atomic E-state index is 0.0293. The highest BCUT2D eigenvalue weighted by molar-refractivity contribution is 7.09. The van der Waals surface area contributed by atoms with Crippen molar-refractivity contribution in [2.45, 2.75) is 31.3 Å². The van der Waals surface area contributed by atoms with Crippen molar-refractivity contribution in [3.05, 3.63) is 22.4 Å². The highest BCUT2D eigenvalue weighted by Gasteiger charge is 2.42. The van der Waals surface area contributed by atoms with Crippen LogP contribution < -0.4 is 0 Å². The Balaban J connectivity index is 1.69. The molecule has 6 nitrogen and oxygen atoms in total. The first-order valence-electron chi connectivity index (χ1n) is 8.44. The molecular weight excluding hydrogens is 326 g/mol. The summed E-state index contributed by atoms with van der Waals surface area (Å²) in [6.45, 7) is 4.26. The van der Waals surface area contributed by atoms with Gasteiger partial charge in [0.25, 0.3) is 0 Å². The van der Waals surface area contributed by atoms with Crippen LogP contribution in [-0.2, 0) is 16.1 Å². The van der Waals surface area contributed by atoms with Gasteiger partial charge in [-0.2, -0.15) is 0 Å². The summed E-state index contributed by atoms with van der Waals surface area (Å²) in [5, 5.41) is 11.1. The topological polar surface area (TPSA) is 64.1 Å². The van der Waals surface area contributed by atoms with Gasteiger partial charge in [0, 0.05) is 49.6 Å². The van der Waals surface area contributed by atoms with Crippen LogP contribution in [0.1, 0.15) is 24.1 Å². The van der Waals surface area contributed by atoms with Gasteiger partial charge in [-0.3, -0.25) is 19.4 Å². The number of thiophene rings is 1. The van der Waals surface area contributed by atoms with Crippen LogP contribution in [0.25, 0.3) is 0 Å². The van der Waals surface area contributed by atoms with Gasteiger partial charge in [0.2, 0.25) is 5.91 Å². The number of carbonyl (C=O) groups excluding carboxylic acids is 1. The Labute approximate surface area is 146 Å². The third kappa shape index (κ3) is 3.79. The highest BCUT2D eigenvalue weighted by atomic mass is 32.1. The van der Waals surface area contributed by atoms with E-state index in [1.54, 1.807) is 11.3 Å². The molecule has 1 atom stereocenters. The van der Waals surface area contributed by atoms with Crippen LogP contribution in [0, 0.1) is 0 Å². The number of amides is 1. The molecule has 0 saturated carbocycles. The van der Waals surface area contributed by atoms with Crippen LogP contribution >= 0.6 is 11.3 Å². The summed E-state index contributed by atoms with van der Waals surface area (Å²) in [5.74, 6) is -0.964. The minimum atomic E-state index is -0.935. The molecule has 0 aliphatic carbocycles. The van der Waals surface area contributed by atoms with Crippen LogP contribution in [0.3, 0.4) is 0 Å². The summed E-state index contributed by atoms with van der Waals surface area (Å²) < 4.78 is 0. The average molecular weight is 351 g/mol. The SMILES string of the molecule is CN1CCN(Cc2cccs2)C[C@]12CCC(=O)N(CC(=O)O)CC2. The summed E-state index contributed by atoms with van der Waals surface area (Å²) in [7, 11) is 2.14. The quantitative estimate of drug-likeness (QED) is 0.887. The van der Waals surface area contributed by atoms with Gasteiger partial charge < -0.3 is 10.0 Å². The number of carboxylic acids is 1. The smallest absolute Gasteiger partial charge is 0.323 e. The van der Waals surface area contributed by atoms with E-state index in [4.69, 9.17) is 5.11 Å². The van der Waals surface area contributed by atoms with Crippen LogP contribution in [0.15, 0.2) is 17.5 Å². The molecule has 1 aromatic rings. The molecule has 3 rings (SSSR count). The van der Waals surface area contributed by atoms with E-state index in [0.717, 1.165) is 39.0 Å². The summed E-state index contributed by atoms with van der Waals surface area (Å²) in [5.41, 5.74) is -0.0293. The molecule has 132 valence electrons. The lowest BCUT2D eigenvalue weighted by Crippen LogP contribution is -2.60. The number of likely N-dealkylation sites (N-methyl/N-ethyl adjacent to an activating group) is 1. The lowest BCUT2D eigenvalue weighted by Gasteiger charge is -2.49. The largest absolute Gasteiger partial charge is 0.480 e. The fraction of sp³-hybridized carbons (Fsp3) is 0.647. The third-order valence-electron chi connectivity index (χ3n) is 5.37. The molecule has 2 aliphatic rings. The van der Waals surface area contributed by atoms with Crippen molar-refractivity contribution >= 4 is 23.2 Å². The second kappa shape index (κ2) is 7.21. The van der Waals surface area contributed by atoms with Gasteiger partial charge in [0.1, 0.15) is 6.54 Å². The zero-order chi connectivity index (χ0) is 17.2. The molecule has 1 spiro atoms. The molecule has 0 aromatic carbocycles. The number of carbonyl (C=O) groups is 2. The van der Waals surface area contributed by atoms with Gasteiger partial charge >= 0.3 is 5.97 Å². The van der Waals surface area contributed by atoms with E-state index in [1.165, 1.54) is 9.78 Å². The molecule has 1 amide bonds. The Kier molecular flexibility index (Phi) is 5.22. The number of hydrogen-bond donors (Lipinski definition) is 1. The number of likely N-dealkylation sites (tertiary alicyclic amines) is 1. The number of aliphatic carboxylic acids is 1. The van der Waals surface area contributed by atoms with Crippen molar-refractivity contribution in [3.63, 3.8) is 0 Å². The molecule has 0 bridgehead atoms. The van der Waals surface area contributed by atoms with E-state index in [2.05, 4.69) is 34.4 Å². The zero-order valence-corrected chi connectivity index (χ0v) is 14.9. The van der Waals surface area contributed by atoms with E-state index in [-0.39, 0.29) is 18.0 Å². The Hall–Kier alpha value is -1.44. The van der Waals surface area contributed by atoms with Gasteiger partial charge in [0.05, 0.1) is 0 Å². The lowest BCUT2D eigenvalue weighted by atomic mass is 9.86. The predicted octanol–water partition coefficient (Wildman–Crippen LogP) is 1.33. The van der Waals surface area contributed by atoms with Gasteiger partial charge in [-0.15, -0.1) is 11.3 Å². The van der Waals surface area contributed by atoms with Crippen LogP contribution in [-0.4, -0.2) is 77.0 Å². The van der Waals surface area contributed by atoms with Crippen LogP contribution in [0.2, 0.25) is 0 Å². The Morgan fingerprint density at radius 2 is 2.17 bits per heavy atom. The maximum atomic E-state index is 12.3. The zero-order valence-electron chi connectivity index (χ0n) is 14.1. The molecule has 2 saturated heterocycles. The van der Waals surface area contributed by atoms with E-state index in [1.807, 2.05) is 0 Å². The summed E-state index contributed by atoms with van der Waals surface area (Å²) in [6, 6.07) is 4.25. The maximum absolute atomic E-state index is 12.3. The maximum Gasteiger partial charge on any atom is 0.323 e. The molecule has 3 heterocycles. The van der Waals surface area contributed by atoms with Crippen molar-refractivity contribution in [2.24, 2.45) is 0 Å². The molecule has 2 fully saturated rings. The van der Waals surface area contributed by atoms with Crippen molar-refractivity contribution in [2.75, 3.05) is 39.8 Å². The molecule has 1 N–H and O–H groups in total. The number of piperazine rings is 1. The monoisotopic (exact) mass is 351 g/mol. The van der Waals surface area contributed by atoms with Crippen molar-refractivity contribution < 1.29 is 14.7 Å². The van der Waals surface area contributed by atoms with E-state index in [0.29, 0.717) is 13.0 Å². The summed E-state index contributed by atoms with van der Waals surface area (Å²) >= 11 is 1.78. The second-order valence-electron chi connectivity index (χ2n) is 6.89. The molecule has 24 heavy (non-hydrogen) atoms. The van der Waals surface area contributed by atoms with Crippen molar-refractivity contribution in [1.82, 2.24) is 14.7 Å². The third-order valence-corrected chi connectivity index (χ3v) is 6.23. The molecule has 0 radical (unpaired) electrons. The van der Waals surface area contributed by atoms with Crippen LogP contribution in [0.4, 0.5) is 0 Å². The first kappa shape index (κ1) is 17.4. The lowest BCUT2D eigenvalue weighted by molar-refractivity contribution is -0.144. The molecular formula is C17H25N3O3S. The highest BCUT2D eigenvalue weighted by Crippen LogP contribution is 2.32. The van der Waals surface area contributed by atoms with Crippen molar-refractivity contribution in [3.8, 4) is 0 Å². The van der Waals surface area contributed by atoms with Gasteiger partial charge in [0.15, 0.2) is 0 Å². The standard InChI is InChI=1S/C17H25N3O3S/c1-18-8-9-19(11-14-3-2-10-24-14)13-17(18)5-4-15(21)20(7-6-17)12-16(22)23/h2-3,10H,4-9,11-13H2,1H3,(H,22,23)/t17-/m1/s1. The molecule has 1 aromatic heterocycles.